The van der Waals surface area contributed by atoms with Crippen LogP contribution in [0.5, 0.6) is 0 Å². The van der Waals surface area contributed by atoms with E-state index >= 15 is 0 Å². The van der Waals surface area contributed by atoms with Crippen molar-refractivity contribution >= 4 is 49.7 Å². The van der Waals surface area contributed by atoms with E-state index in [1.54, 1.807) is 6.07 Å². The highest BCUT2D eigenvalue weighted by atomic mass is 79.9. The Morgan fingerprint density at radius 1 is 0.947 bits per heavy atom. The molecule has 0 spiro atoms. The summed E-state index contributed by atoms with van der Waals surface area (Å²) in [7, 11) is 0. The molecule has 6 nitrogen and oxygen atoms in total. The average molecular weight is 395 g/mol. The zero-order chi connectivity index (χ0) is 14.6. The lowest BCUT2D eigenvalue weighted by atomic mass is 10.2. The Kier molecular flexibility index (Phi) is 5.49. The van der Waals surface area contributed by atoms with Gasteiger partial charge in [-0.05, 0) is 18.2 Å². The molecule has 0 aliphatic carbocycles. The normalized spacial score (nSPS) is 10.0. The van der Waals surface area contributed by atoms with E-state index in [-0.39, 0.29) is 5.56 Å². The summed E-state index contributed by atoms with van der Waals surface area (Å²) in [5, 5.41) is 17.4. The van der Waals surface area contributed by atoms with Crippen LogP contribution in [-0.2, 0) is 9.59 Å². The first-order valence-electron chi connectivity index (χ1n) is 4.98. The number of hydrogen-bond donors (Lipinski definition) is 2. The van der Waals surface area contributed by atoms with Gasteiger partial charge in [0.2, 0.25) is 0 Å². The minimum absolute atomic E-state index is 0.198. The highest BCUT2D eigenvalue weighted by Gasteiger charge is 2.21. The Balaban J connectivity index is 3.03. The zero-order valence-corrected chi connectivity index (χ0v) is 12.6. The largest absolute Gasteiger partial charge is 0.480 e. The van der Waals surface area contributed by atoms with Gasteiger partial charge in [-0.15, -0.1) is 0 Å². The standard InChI is InChI=1S/C11H9Br2NO5/c12-7-1-6(2-8(13)3-7)11(19)14(4-9(15)16)5-10(17)18/h1-3H,4-5H2,(H,15,16)(H,17,18). The molecule has 0 unspecified atom stereocenters. The van der Waals surface area contributed by atoms with Gasteiger partial charge in [-0.2, -0.15) is 0 Å². The van der Waals surface area contributed by atoms with Crippen molar-refractivity contribution < 1.29 is 24.6 Å². The van der Waals surface area contributed by atoms with Crippen LogP contribution in [0.25, 0.3) is 0 Å². The van der Waals surface area contributed by atoms with E-state index in [0.717, 1.165) is 4.90 Å². The summed E-state index contributed by atoms with van der Waals surface area (Å²) < 4.78 is 1.24. The van der Waals surface area contributed by atoms with Crippen LogP contribution in [-0.4, -0.2) is 46.0 Å². The van der Waals surface area contributed by atoms with Crippen molar-refractivity contribution in [2.45, 2.75) is 0 Å². The maximum absolute atomic E-state index is 12.1. The van der Waals surface area contributed by atoms with Crippen molar-refractivity contribution in [1.82, 2.24) is 4.90 Å². The Morgan fingerprint density at radius 2 is 1.37 bits per heavy atom. The second-order valence-electron chi connectivity index (χ2n) is 3.61. The highest BCUT2D eigenvalue weighted by molar-refractivity contribution is 9.11. The molecule has 0 atom stereocenters. The van der Waals surface area contributed by atoms with Gasteiger partial charge in [0.05, 0.1) is 0 Å². The first-order chi connectivity index (χ1) is 8.79. The van der Waals surface area contributed by atoms with Crippen LogP contribution in [0, 0.1) is 0 Å². The Morgan fingerprint density at radius 3 is 1.74 bits per heavy atom. The van der Waals surface area contributed by atoms with Crippen LogP contribution in [0.15, 0.2) is 27.1 Å². The molecule has 0 radical (unpaired) electrons. The molecule has 0 bridgehead atoms. The lowest BCUT2D eigenvalue weighted by molar-refractivity contribution is -0.140. The van der Waals surface area contributed by atoms with Crippen LogP contribution < -0.4 is 0 Å². The number of benzene rings is 1. The number of hydrogen-bond acceptors (Lipinski definition) is 3. The SMILES string of the molecule is O=C(O)CN(CC(=O)O)C(=O)c1cc(Br)cc(Br)c1. The van der Waals surface area contributed by atoms with E-state index in [2.05, 4.69) is 31.9 Å². The highest BCUT2D eigenvalue weighted by Crippen LogP contribution is 2.21. The van der Waals surface area contributed by atoms with E-state index in [1.807, 2.05) is 0 Å². The van der Waals surface area contributed by atoms with Gasteiger partial charge in [0.25, 0.3) is 5.91 Å². The monoisotopic (exact) mass is 393 g/mol. The van der Waals surface area contributed by atoms with Crippen LogP contribution >= 0.6 is 31.9 Å². The predicted molar refractivity (Wildman–Crippen MR) is 73.0 cm³/mol. The summed E-state index contributed by atoms with van der Waals surface area (Å²) in [5.41, 5.74) is 0.198. The molecule has 19 heavy (non-hydrogen) atoms. The fourth-order valence-electron chi connectivity index (χ4n) is 1.39. The molecule has 0 heterocycles. The topological polar surface area (TPSA) is 94.9 Å². The molecule has 102 valence electrons. The predicted octanol–water partition coefficient (Wildman–Crippen LogP) is 1.82. The third kappa shape index (κ3) is 4.99. The molecule has 0 aromatic heterocycles. The van der Waals surface area contributed by atoms with E-state index < -0.39 is 30.9 Å². The molecule has 0 aliphatic rings. The molecular formula is C11H9Br2NO5. The molecule has 2 N–H and O–H groups in total. The molecule has 1 aromatic rings. The first-order valence-corrected chi connectivity index (χ1v) is 6.57. The molecular weight excluding hydrogens is 386 g/mol. The zero-order valence-electron chi connectivity index (χ0n) is 9.47. The van der Waals surface area contributed by atoms with Crippen molar-refractivity contribution in [3.63, 3.8) is 0 Å². The van der Waals surface area contributed by atoms with E-state index in [1.165, 1.54) is 12.1 Å². The van der Waals surface area contributed by atoms with Crippen LogP contribution in [0.4, 0.5) is 0 Å². The number of halogens is 2. The number of carbonyl (C=O) groups excluding carboxylic acids is 1. The van der Waals surface area contributed by atoms with Gasteiger partial charge < -0.3 is 15.1 Å². The summed E-state index contributed by atoms with van der Waals surface area (Å²) in [6.45, 7) is -1.34. The molecule has 8 heteroatoms. The van der Waals surface area contributed by atoms with Crippen molar-refractivity contribution in [3.05, 3.63) is 32.7 Å². The summed E-state index contributed by atoms with van der Waals surface area (Å²) in [5.74, 6) is -3.21. The Labute approximate surface area is 125 Å². The van der Waals surface area contributed by atoms with Crippen LogP contribution in [0.1, 0.15) is 10.4 Å². The minimum Gasteiger partial charge on any atom is -0.480 e. The third-order valence-electron chi connectivity index (χ3n) is 2.05. The molecule has 1 aromatic carbocycles. The van der Waals surface area contributed by atoms with Gasteiger partial charge in [-0.1, -0.05) is 31.9 Å². The first kappa shape index (κ1) is 15.6. The fourth-order valence-corrected chi connectivity index (χ4v) is 2.68. The van der Waals surface area contributed by atoms with Crippen molar-refractivity contribution in [2.24, 2.45) is 0 Å². The van der Waals surface area contributed by atoms with E-state index in [9.17, 15) is 14.4 Å². The van der Waals surface area contributed by atoms with E-state index in [0.29, 0.717) is 8.95 Å². The van der Waals surface area contributed by atoms with Gasteiger partial charge in [-0.3, -0.25) is 14.4 Å². The van der Waals surface area contributed by atoms with Gasteiger partial charge in [-0.25, -0.2) is 0 Å². The van der Waals surface area contributed by atoms with E-state index in [4.69, 9.17) is 10.2 Å². The van der Waals surface area contributed by atoms with Gasteiger partial charge in [0.1, 0.15) is 13.1 Å². The van der Waals surface area contributed by atoms with Crippen molar-refractivity contribution in [2.75, 3.05) is 13.1 Å². The Bertz CT molecular complexity index is 496. The van der Waals surface area contributed by atoms with Gasteiger partial charge >= 0.3 is 11.9 Å². The summed E-state index contributed by atoms with van der Waals surface area (Å²) >= 11 is 6.40. The number of carboxylic acids is 2. The lowest BCUT2D eigenvalue weighted by Gasteiger charge is -2.18. The van der Waals surface area contributed by atoms with Crippen molar-refractivity contribution in [1.29, 1.82) is 0 Å². The van der Waals surface area contributed by atoms with Gasteiger partial charge in [0, 0.05) is 14.5 Å². The molecule has 1 rings (SSSR count). The number of amides is 1. The molecule has 0 saturated carbocycles. The van der Waals surface area contributed by atoms with Gasteiger partial charge in [0.15, 0.2) is 0 Å². The summed E-state index contributed by atoms with van der Waals surface area (Å²) in [4.78, 5) is 34.1. The van der Waals surface area contributed by atoms with Crippen LogP contribution in [0.3, 0.4) is 0 Å². The average Bonchev–Trinajstić information content (AvgIpc) is 2.24. The molecule has 0 saturated heterocycles. The second-order valence-corrected chi connectivity index (χ2v) is 5.44. The number of carboxylic acid groups (broad SMARTS) is 2. The molecule has 0 aliphatic heterocycles. The Hall–Kier alpha value is -1.41. The number of carbonyl (C=O) groups is 3. The molecule has 0 fully saturated rings. The second kappa shape index (κ2) is 6.67. The van der Waals surface area contributed by atoms with Crippen molar-refractivity contribution in [3.8, 4) is 0 Å². The molecule has 1 amide bonds. The summed E-state index contributed by atoms with van der Waals surface area (Å²) in [6.07, 6.45) is 0. The fraction of sp³-hybridized carbons (Fsp3) is 0.182. The quantitative estimate of drug-likeness (QED) is 0.794. The number of rotatable bonds is 5. The lowest BCUT2D eigenvalue weighted by Crippen LogP contribution is -2.39. The number of nitrogens with zero attached hydrogens (tertiary/aromatic N) is 1. The smallest absolute Gasteiger partial charge is 0.323 e. The minimum atomic E-state index is -1.27. The third-order valence-corrected chi connectivity index (χ3v) is 2.96. The number of aliphatic carboxylic acids is 2. The van der Waals surface area contributed by atoms with Crippen LogP contribution in [0.2, 0.25) is 0 Å². The maximum Gasteiger partial charge on any atom is 0.323 e. The maximum atomic E-state index is 12.1. The summed E-state index contributed by atoms with van der Waals surface area (Å²) in [6, 6.07) is 4.68.